The van der Waals surface area contributed by atoms with Crippen molar-refractivity contribution in [3.05, 3.63) is 35.6 Å². The van der Waals surface area contributed by atoms with Crippen LogP contribution in [0.1, 0.15) is 29.6 Å². The minimum absolute atomic E-state index is 0.0906. The van der Waals surface area contributed by atoms with E-state index in [1.165, 1.54) is 18.2 Å². The maximum atomic E-state index is 13.0. The van der Waals surface area contributed by atoms with Crippen molar-refractivity contribution >= 4 is 11.8 Å². The minimum Gasteiger partial charge on any atom is -0.393 e. The molecule has 2 atom stereocenters. The molecule has 1 aliphatic rings. The summed E-state index contributed by atoms with van der Waals surface area (Å²) in [4.78, 5) is 23.3. The number of carbonyl (C=O) groups is 2. The van der Waals surface area contributed by atoms with Gasteiger partial charge in [0.15, 0.2) is 0 Å². The van der Waals surface area contributed by atoms with E-state index in [0.29, 0.717) is 6.54 Å². The van der Waals surface area contributed by atoms with E-state index in [2.05, 4.69) is 10.6 Å². The molecule has 2 rings (SSSR count). The summed E-state index contributed by atoms with van der Waals surface area (Å²) in [5, 5.41) is 14.8. The highest BCUT2D eigenvalue weighted by molar-refractivity contribution is 5.96. The summed E-state index contributed by atoms with van der Waals surface area (Å²) in [5.74, 6) is -1.22. The molecule has 1 aromatic carbocycles. The molecule has 0 aromatic heterocycles. The smallest absolute Gasteiger partial charge is 0.251 e. The van der Waals surface area contributed by atoms with Crippen molar-refractivity contribution in [2.75, 3.05) is 13.1 Å². The molecule has 6 heteroatoms. The predicted octanol–water partition coefficient (Wildman–Crippen LogP) is 0.833. The van der Waals surface area contributed by atoms with Gasteiger partial charge in [0.2, 0.25) is 5.91 Å². The quantitative estimate of drug-likeness (QED) is 0.753. The van der Waals surface area contributed by atoms with E-state index in [-0.39, 0.29) is 30.0 Å². The first-order chi connectivity index (χ1) is 10.1. The molecule has 1 aliphatic carbocycles. The first-order valence-electron chi connectivity index (χ1n) is 7.05. The predicted molar refractivity (Wildman–Crippen MR) is 75.1 cm³/mol. The van der Waals surface area contributed by atoms with Gasteiger partial charge in [-0.05, 0) is 31.0 Å². The fourth-order valence-electron chi connectivity index (χ4n) is 2.46. The number of benzene rings is 1. The van der Waals surface area contributed by atoms with Crippen molar-refractivity contribution in [1.82, 2.24) is 10.6 Å². The molecule has 1 aromatic rings. The lowest BCUT2D eigenvalue weighted by Gasteiger charge is -2.15. The molecule has 0 radical (unpaired) electrons. The van der Waals surface area contributed by atoms with E-state index in [4.69, 9.17) is 0 Å². The number of rotatable bonds is 5. The van der Waals surface area contributed by atoms with Gasteiger partial charge in [0.05, 0.1) is 12.6 Å². The summed E-state index contributed by atoms with van der Waals surface area (Å²) >= 11 is 0. The van der Waals surface area contributed by atoms with E-state index in [0.717, 1.165) is 25.3 Å². The van der Waals surface area contributed by atoms with Crippen LogP contribution in [0.3, 0.4) is 0 Å². The Morgan fingerprint density at radius 3 is 2.76 bits per heavy atom. The largest absolute Gasteiger partial charge is 0.393 e. The molecule has 0 saturated heterocycles. The summed E-state index contributed by atoms with van der Waals surface area (Å²) < 4.78 is 13.0. The van der Waals surface area contributed by atoms with Crippen molar-refractivity contribution in [3.8, 4) is 0 Å². The van der Waals surface area contributed by atoms with Crippen LogP contribution in [-0.4, -0.2) is 36.1 Å². The molecule has 0 aliphatic heterocycles. The van der Waals surface area contributed by atoms with Gasteiger partial charge in [-0.25, -0.2) is 4.39 Å². The number of aliphatic hydroxyl groups is 1. The van der Waals surface area contributed by atoms with Crippen molar-refractivity contribution in [2.24, 2.45) is 5.92 Å². The maximum absolute atomic E-state index is 13.0. The van der Waals surface area contributed by atoms with Gasteiger partial charge in [-0.2, -0.15) is 0 Å². The van der Waals surface area contributed by atoms with Crippen molar-refractivity contribution in [2.45, 2.75) is 25.4 Å². The zero-order valence-corrected chi connectivity index (χ0v) is 11.6. The number of hydrogen-bond donors (Lipinski definition) is 3. The Morgan fingerprint density at radius 2 is 2.10 bits per heavy atom. The van der Waals surface area contributed by atoms with Crippen LogP contribution in [-0.2, 0) is 4.79 Å². The van der Waals surface area contributed by atoms with Crippen LogP contribution < -0.4 is 10.6 Å². The molecular weight excluding hydrogens is 275 g/mol. The summed E-state index contributed by atoms with van der Waals surface area (Å²) in [5.41, 5.74) is 0.175. The third-order valence-corrected chi connectivity index (χ3v) is 3.68. The molecule has 3 N–H and O–H groups in total. The van der Waals surface area contributed by atoms with Gasteiger partial charge in [0, 0.05) is 18.0 Å². The first-order valence-corrected chi connectivity index (χ1v) is 7.05. The second-order valence-electron chi connectivity index (χ2n) is 5.26. The summed E-state index contributed by atoms with van der Waals surface area (Å²) in [6.45, 7) is 0.244. The Morgan fingerprint density at radius 1 is 1.29 bits per heavy atom. The Kier molecular flexibility index (Phi) is 5.27. The van der Waals surface area contributed by atoms with Gasteiger partial charge in [-0.1, -0.05) is 12.5 Å². The average Bonchev–Trinajstić information content (AvgIpc) is 2.88. The minimum atomic E-state index is -0.498. The number of aliphatic hydroxyl groups excluding tert-OH is 1. The number of carbonyl (C=O) groups excluding carboxylic acids is 2. The van der Waals surface area contributed by atoms with Crippen LogP contribution in [0.4, 0.5) is 4.39 Å². The first kappa shape index (κ1) is 15.4. The lowest BCUT2D eigenvalue weighted by molar-refractivity contribution is -0.120. The fourth-order valence-corrected chi connectivity index (χ4v) is 2.46. The van der Waals surface area contributed by atoms with Gasteiger partial charge < -0.3 is 15.7 Å². The number of halogens is 1. The molecule has 114 valence electrons. The highest BCUT2D eigenvalue weighted by Gasteiger charge is 2.25. The third kappa shape index (κ3) is 4.53. The molecule has 5 nitrogen and oxygen atoms in total. The molecule has 2 amide bonds. The topological polar surface area (TPSA) is 78.4 Å². The van der Waals surface area contributed by atoms with Crippen LogP contribution in [0.25, 0.3) is 0 Å². The number of amides is 2. The molecule has 0 spiro atoms. The second kappa shape index (κ2) is 7.17. The Balaban J connectivity index is 1.72. The van der Waals surface area contributed by atoms with Crippen LogP contribution in [0.15, 0.2) is 24.3 Å². The molecule has 1 fully saturated rings. The summed E-state index contributed by atoms with van der Waals surface area (Å²) in [6, 6.07) is 5.27. The normalized spacial score (nSPS) is 21.0. The van der Waals surface area contributed by atoms with Crippen molar-refractivity contribution in [1.29, 1.82) is 0 Å². The number of hydrogen-bond acceptors (Lipinski definition) is 3. The Labute approximate surface area is 122 Å². The fraction of sp³-hybridized carbons (Fsp3) is 0.467. The zero-order chi connectivity index (χ0) is 15.2. The van der Waals surface area contributed by atoms with E-state index < -0.39 is 11.7 Å². The van der Waals surface area contributed by atoms with Crippen molar-refractivity contribution < 1.29 is 19.1 Å². The average molecular weight is 294 g/mol. The van der Waals surface area contributed by atoms with Gasteiger partial charge in [0.1, 0.15) is 5.82 Å². The van der Waals surface area contributed by atoms with Gasteiger partial charge >= 0.3 is 0 Å². The van der Waals surface area contributed by atoms with Gasteiger partial charge in [-0.3, -0.25) is 9.59 Å². The lowest BCUT2D eigenvalue weighted by Crippen LogP contribution is -2.40. The number of nitrogens with one attached hydrogen (secondary N) is 2. The maximum Gasteiger partial charge on any atom is 0.251 e. The van der Waals surface area contributed by atoms with Crippen molar-refractivity contribution in [3.63, 3.8) is 0 Å². The second-order valence-corrected chi connectivity index (χ2v) is 5.26. The molecule has 2 unspecified atom stereocenters. The van der Waals surface area contributed by atoms with E-state index in [1.54, 1.807) is 0 Å². The Hall–Kier alpha value is -1.95. The van der Waals surface area contributed by atoms with E-state index in [1.807, 2.05) is 0 Å². The summed E-state index contributed by atoms with van der Waals surface area (Å²) in [7, 11) is 0. The SMILES string of the molecule is O=C(CNC(=O)c1cccc(F)c1)NCC1CCCC1O. The van der Waals surface area contributed by atoms with Crippen LogP contribution in [0.5, 0.6) is 0 Å². The Bertz CT molecular complexity index is 521. The standard InChI is InChI=1S/C15H19FN2O3/c16-12-5-1-3-10(7-12)15(21)18-9-14(20)17-8-11-4-2-6-13(11)19/h1,3,5,7,11,13,19H,2,4,6,8-9H2,(H,17,20)(H,18,21). The highest BCUT2D eigenvalue weighted by Crippen LogP contribution is 2.24. The molecule has 0 heterocycles. The lowest BCUT2D eigenvalue weighted by atomic mass is 10.1. The monoisotopic (exact) mass is 294 g/mol. The van der Waals surface area contributed by atoms with E-state index >= 15 is 0 Å². The highest BCUT2D eigenvalue weighted by atomic mass is 19.1. The summed E-state index contributed by atoms with van der Waals surface area (Å²) in [6.07, 6.45) is 2.29. The molecule has 1 saturated carbocycles. The molecule has 21 heavy (non-hydrogen) atoms. The zero-order valence-electron chi connectivity index (χ0n) is 11.6. The van der Waals surface area contributed by atoms with Crippen LogP contribution in [0.2, 0.25) is 0 Å². The van der Waals surface area contributed by atoms with Crippen LogP contribution in [0, 0.1) is 11.7 Å². The van der Waals surface area contributed by atoms with Gasteiger partial charge in [-0.15, -0.1) is 0 Å². The van der Waals surface area contributed by atoms with E-state index in [9.17, 15) is 19.1 Å². The van der Waals surface area contributed by atoms with Gasteiger partial charge in [0.25, 0.3) is 5.91 Å². The molecule has 0 bridgehead atoms. The van der Waals surface area contributed by atoms with Crippen LogP contribution >= 0.6 is 0 Å². The third-order valence-electron chi connectivity index (χ3n) is 3.68. The molecular formula is C15H19FN2O3.